The second-order valence-corrected chi connectivity index (χ2v) is 6.15. The van der Waals surface area contributed by atoms with E-state index in [9.17, 15) is 13.9 Å². The first-order valence-corrected chi connectivity index (χ1v) is 7.88. The molecule has 0 amide bonds. The second kappa shape index (κ2) is 7.23. The molecular formula is C18H20F2N2O2. The first-order valence-electron chi connectivity index (χ1n) is 7.88. The van der Waals surface area contributed by atoms with E-state index >= 15 is 0 Å². The number of aliphatic hydroxyl groups excluding tert-OH is 1. The van der Waals surface area contributed by atoms with E-state index in [0.29, 0.717) is 19.5 Å². The minimum atomic E-state index is -0.626. The van der Waals surface area contributed by atoms with Gasteiger partial charge in [0.2, 0.25) is 0 Å². The van der Waals surface area contributed by atoms with Gasteiger partial charge in [0.05, 0.1) is 13.2 Å². The third-order valence-corrected chi connectivity index (χ3v) is 4.46. The Morgan fingerprint density at radius 3 is 2.50 bits per heavy atom. The normalized spacial score (nSPS) is 21.2. The molecule has 0 bridgehead atoms. The van der Waals surface area contributed by atoms with E-state index in [1.807, 2.05) is 17.0 Å². The summed E-state index contributed by atoms with van der Waals surface area (Å²) in [6.45, 7) is 1.13. The molecule has 1 fully saturated rings. The van der Waals surface area contributed by atoms with Gasteiger partial charge in [0.1, 0.15) is 17.4 Å². The van der Waals surface area contributed by atoms with Crippen molar-refractivity contribution in [1.82, 2.24) is 9.88 Å². The summed E-state index contributed by atoms with van der Waals surface area (Å²) in [5, 5.41) is 10.3. The molecule has 1 aromatic heterocycles. The van der Waals surface area contributed by atoms with Crippen molar-refractivity contribution >= 4 is 0 Å². The van der Waals surface area contributed by atoms with Gasteiger partial charge >= 0.3 is 0 Å². The van der Waals surface area contributed by atoms with Crippen LogP contribution in [0.1, 0.15) is 11.1 Å². The topological polar surface area (TPSA) is 45.6 Å². The van der Waals surface area contributed by atoms with E-state index in [-0.39, 0.29) is 23.8 Å². The molecule has 2 heterocycles. The number of hydrogen-bond donors (Lipinski definition) is 1. The first-order chi connectivity index (χ1) is 11.6. The monoisotopic (exact) mass is 334 g/mol. The Bertz CT molecular complexity index is 674. The van der Waals surface area contributed by atoms with Crippen LogP contribution in [0.3, 0.4) is 0 Å². The predicted octanol–water partition coefficient (Wildman–Crippen LogP) is 2.40. The van der Waals surface area contributed by atoms with Crippen LogP contribution in [0.2, 0.25) is 0 Å². The highest BCUT2D eigenvalue weighted by molar-refractivity contribution is 5.30. The number of halogens is 2. The van der Waals surface area contributed by atoms with E-state index in [2.05, 4.69) is 4.98 Å². The lowest BCUT2D eigenvalue weighted by atomic mass is 9.97. The number of β-amino-alcohol motifs (C(OH)–C–C–N with tert-alkyl or cyclic N) is 1. The third kappa shape index (κ3) is 3.71. The lowest BCUT2D eigenvalue weighted by Crippen LogP contribution is -2.22. The van der Waals surface area contributed by atoms with Gasteiger partial charge in [0.25, 0.3) is 0 Å². The molecule has 4 nitrogen and oxygen atoms in total. The van der Waals surface area contributed by atoms with Crippen molar-refractivity contribution in [2.24, 2.45) is 5.92 Å². The maximum Gasteiger partial charge on any atom is 0.134 e. The number of aromatic nitrogens is 1. The zero-order chi connectivity index (χ0) is 17.1. The van der Waals surface area contributed by atoms with Crippen LogP contribution in [-0.2, 0) is 13.0 Å². The average Bonchev–Trinajstić information content (AvgIpc) is 2.91. The molecule has 1 aliphatic rings. The molecule has 0 aliphatic carbocycles. The zero-order valence-electron chi connectivity index (χ0n) is 13.5. The number of likely N-dealkylation sites (tertiary alicyclic amines) is 1. The lowest BCUT2D eigenvalue weighted by molar-refractivity contribution is 0.140. The van der Waals surface area contributed by atoms with E-state index < -0.39 is 17.7 Å². The van der Waals surface area contributed by atoms with Gasteiger partial charge in [-0.3, -0.25) is 9.88 Å². The van der Waals surface area contributed by atoms with Crippen LogP contribution in [0.5, 0.6) is 5.75 Å². The van der Waals surface area contributed by atoms with Gasteiger partial charge in [-0.1, -0.05) is 0 Å². The molecule has 1 N–H and O–H groups in total. The Morgan fingerprint density at radius 1 is 1.21 bits per heavy atom. The Morgan fingerprint density at radius 2 is 1.88 bits per heavy atom. The van der Waals surface area contributed by atoms with E-state index in [1.165, 1.54) is 19.2 Å². The maximum atomic E-state index is 14.1. The minimum Gasteiger partial charge on any atom is -0.497 e. The van der Waals surface area contributed by atoms with Gasteiger partial charge in [0.15, 0.2) is 0 Å². The van der Waals surface area contributed by atoms with Gasteiger partial charge in [-0.05, 0) is 24.1 Å². The number of methoxy groups -OCH3 is 1. The summed E-state index contributed by atoms with van der Waals surface area (Å²) < 4.78 is 33.0. The molecule has 0 radical (unpaired) electrons. The number of pyridine rings is 1. The summed E-state index contributed by atoms with van der Waals surface area (Å²) in [5.74, 6) is -1.06. The number of hydrogen-bond acceptors (Lipinski definition) is 4. The van der Waals surface area contributed by atoms with E-state index in [0.717, 1.165) is 5.56 Å². The summed E-state index contributed by atoms with van der Waals surface area (Å²) in [6, 6.07) is 6.19. The van der Waals surface area contributed by atoms with Crippen molar-refractivity contribution in [3.8, 4) is 5.75 Å². The third-order valence-electron chi connectivity index (χ3n) is 4.46. The van der Waals surface area contributed by atoms with Crippen molar-refractivity contribution in [2.45, 2.75) is 19.1 Å². The van der Waals surface area contributed by atoms with Crippen LogP contribution >= 0.6 is 0 Å². The summed E-state index contributed by atoms with van der Waals surface area (Å²) in [7, 11) is 1.37. The van der Waals surface area contributed by atoms with Crippen LogP contribution in [0.25, 0.3) is 0 Å². The molecule has 1 aromatic carbocycles. The number of rotatable bonds is 5. The van der Waals surface area contributed by atoms with Crippen molar-refractivity contribution in [1.29, 1.82) is 0 Å². The Hall–Kier alpha value is -2.05. The van der Waals surface area contributed by atoms with Gasteiger partial charge < -0.3 is 9.84 Å². The quantitative estimate of drug-likeness (QED) is 0.912. The van der Waals surface area contributed by atoms with Gasteiger partial charge in [-0.15, -0.1) is 0 Å². The Balaban J connectivity index is 1.67. The number of benzene rings is 1. The molecule has 3 rings (SSSR count). The van der Waals surface area contributed by atoms with Gasteiger partial charge in [0, 0.05) is 55.6 Å². The zero-order valence-corrected chi connectivity index (χ0v) is 13.5. The smallest absolute Gasteiger partial charge is 0.134 e. The fraction of sp³-hybridized carbons (Fsp3) is 0.389. The van der Waals surface area contributed by atoms with Crippen LogP contribution in [0, 0.1) is 17.6 Å². The molecule has 2 aromatic rings. The summed E-state index contributed by atoms with van der Waals surface area (Å²) >= 11 is 0. The van der Waals surface area contributed by atoms with Crippen LogP contribution in [0.4, 0.5) is 8.78 Å². The molecule has 6 heteroatoms. The average molecular weight is 334 g/mol. The van der Waals surface area contributed by atoms with Crippen molar-refractivity contribution in [3.05, 3.63) is 59.4 Å². The Labute approximate surface area is 139 Å². The number of nitrogens with zero attached hydrogens (tertiary/aromatic N) is 2. The predicted molar refractivity (Wildman–Crippen MR) is 85.6 cm³/mol. The van der Waals surface area contributed by atoms with Gasteiger partial charge in [-0.2, -0.15) is 0 Å². The highest BCUT2D eigenvalue weighted by Crippen LogP contribution is 2.26. The fourth-order valence-electron chi connectivity index (χ4n) is 3.17. The fourth-order valence-corrected chi connectivity index (χ4v) is 3.17. The van der Waals surface area contributed by atoms with Crippen molar-refractivity contribution < 1.29 is 18.6 Å². The van der Waals surface area contributed by atoms with Crippen molar-refractivity contribution in [3.63, 3.8) is 0 Å². The number of aliphatic hydroxyl groups is 1. The first kappa shape index (κ1) is 16.8. The molecule has 0 saturated carbocycles. The van der Waals surface area contributed by atoms with E-state index in [4.69, 9.17) is 4.74 Å². The van der Waals surface area contributed by atoms with E-state index in [1.54, 1.807) is 12.4 Å². The SMILES string of the molecule is COc1cc(F)c(CN2C[C@@H](Cc3ccncc3)[C@@H](O)C2)c(F)c1. The van der Waals surface area contributed by atoms with Crippen LogP contribution < -0.4 is 4.74 Å². The lowest BCUT2D eigenvalue weighted by Gasteiger charge is -2.17. The Kier molecular flexibility index (Phi) is 5.06. The van der Waals surface area contributed by atoms with Crippen LogP contribution in [0.15, 0.2) is 36.7 Å². The molecule has 1 saturated heterocycles. The second-order valence-electron chi connectivity index (χ2n) is 6.15. The largest absolute Gasteiger partial charge is 0.497 e. The standard InChI is InChI=1S/C18H20F2N2O2/c1-24-14-7-16(19)15(17(20)8-14)10-22-9-13(18(23)11-22)6-12-2-4-21-5-3-12/h2-5,7-8,13,18,23H,6,9-11H2,1H3/t13-,18+/m1/s1. The molecule has 128 valence electrons. The summed E-state index contributed by atoms with van der Waals surface area (Å²) in [4.78, 5) is 5.86. The van der Waals surface area contributed by atoms with Crippen molar-refractivity contribution in [2.75, 3.05) is 20.2 Å². The highest BCUT2D eigenvalue weighted by atomic mass is 19.1. The molecule has 1 aliphatic heterocycles. The minimum absolute atomic E-state index is 0.00700. The summed E-state index contributed by atoms with van der Waals surface area (Å²) in [6.07, 6.45) is 3.64. The molecule has 2 atom stereocenters. The maximum absolute atomic E-state index is 14.1. The molecule has 24 heavy (non-hydrogen) atoms. The molecule has 0 unspecified atom stereocenters. The molecule has 0 spiro atoms. The summed E-state index contributed by atoms with van der Waals surface area (Å²) in [5.41, 5.74) is 1.10. The molecular weight excluding hydrogens is 314 g/mol. The number of ether oxygens (including phenoxy) is 1. The highest BCUT2D eigenvalue weighted by Gasteiger charge is 2.32. The van der Waals surface area contributed by atoms with Gasteiger partial charge in [-0.25, -0.2) is 8.78 Å². The van der Waals surface area contributed by atoms with Crippen LogP contribution in [-0.4, -0.2) is 41.3 Å².